The zero-order chi connectivity index (χ0) is 7.11. The Bertz CT molecular complexity index is 52.5. The number of hydrogen-bond donors (Lipinski definition) is 0. The lowest BCUT2D eigenvalue weighted by molar-refractivity contribution is 0.546. The van der Waals surface area contributed by atoms with Crippen LogP contribution in [-0.2, 0) is 0 Å². The maximum Gasteiger partial charge on any atom is 0.00210 e. The van der Waals surface area contributed by atoms with Crippen molar-refractivity contribution in [1.29, 1.82) is 0 Å². The molecule has 0 rings (SSSR count). The summed E-state index contributed by atoms with van der Waals surface area (Å²) in [7, 11) is 0. The Labute approximate surface area is 72.6 Å². The largest absolute Gasteiger partial charge is 0.0861 e. The molecule has 0 aliphatic rings. The minimum Gasteiger partial charge on any atom is -0.0861 e. The maximum atomic E-state index is 2.47. The molecule has 0 N–H and O–H groups in total. The van der Waals surface area contributed by atoms with Crippen LogP contribution < -0.4 is 0 Å². The lowest BCUT2D eigenvalue weighted by atomic mass is 10.1. The van der Waals surface area contributed by atoms with Gasteiger partial charge in [0.15, 0.2) is 0 Å². The highest BCUT2D eigenvalue weighted by Gasteiger charge is 1.96. The van der Waals surface area contributed by atoms with E-state index in [2.05, 4.69) is 36.4 Å². The van der Waals surface area contributed by atoms with Crippen molar-refractivity contribution in [3.63, 3.8) is 0 Å². The number of hydrogen-bond acceptors (Lipinski definition) is 0. The Morgan fingerprint density at radius 2 is 2.00 bits per heavy atom. The van der Waals surface area contributed by atoms with Gasteiger partial charge in [0.25, 0.3) is 0 Å². The van der Waals surface area contributed by atoms with Gasteiger partial charge in [-0.05, 0) is 12.3 Å². The summed E-state index contributed by atoms with van der Waals surface area (Å²) in [5, 5.41) is 0. The van der Waals surface area contributed by atoms with E-state index in [1.165, 1.54) is 30.1 Å². The van der Waals surface area contributed by atoms with Gasteiger partial charge in [-0.1, -0.05) is 55.7 Å². The lowest BCUT2D eigenvalue weighted by Gasteiger charge is -2.04. The van der Waals surface area contributed by atoms with Crippen molar-refractivity contribution in [2.45, 2.75) is 39.5 Å². The fourth-order valence-electron chi connectivity index (χ4n) is 0.820. The van der Waals surface area contributed by atoms with Crippen molar-refractivity contribution in [3.05, 3.63) is 0 Å². The van der Waals surface area contributed by atoms with Crippen molar-refractivity contribution in [2.24, 2.45) is 5.92 Å². The third-order valence-corrected chi connectivity index (χ3v) is 3.07. The zero-order valence-electron chi connectivity index (χ0n) is 6.49. The van der Waals surface area contributed by atoms with Crippen LogP contribution in [0, 0.1) is 5.92 Å². The predicted octanol–water partition coefficient (Wildman–Crippen LogP) is 3.64. The molecule has 0 aromatic heterocycles. The molecule has 0 saturated heterocycles. The second-order valence-corrected chi connectivity index (χ2v) is 3.64. The van der Waals surface area contributed by atoms with Crippen LogP contribution in [0.15, 0.2) is 0 Å². The molecule has 1 heteroatoms. The maximum absolute atomic E-state index is 2.47. The lowest BCUT2D eigenvalue weighted by Crippen LogP contribution is -1.94. The van der Waals surface area contributed by atoms with E-state index in [1.807, 2.05) is 0 Å². The summed E-state index contributed by atoms with van der Waals surface area (Å²) in [6.45, 7) is 4.59. The molecule has 1 unspecified atom stereocenters. The first-order valence-electron chi connectivity index (χ1n) is 3.87. The molecule has 0 radical (unpaired) electrons. The molecular weight excluding hydrogens is 223 g/mol. The number of unbranched alkanes of at least 4 members (excludes halogenated alkanes) is 2. The Kier molecular flexibility index (Phi) is 7.40. The van der Waals surface area contributed by atoms with Gasteiger partial charge in [-0.2, -0.15) is 0 Å². The normalized spacial score (nSPS) is 13.7. The second kappa shape index (κ2) is 6.84. The first-order valence-corrected chi connectivity index (χ1v) is 5.39. The first kappa shape index (κ1) is 9.73. The van der Waals surface area contributed by atoms with Crippen LogP contribution in [0.25, 0.3) is 0 Å². The van der Waals surface area contributed by atoms with Crippen LogP contribution in [0.1, 0.15) is 39.5 Å². The molecule has 56 valence electrons. The third-order valence-electron chi connectivity index (χ3n) is 1.56. The first-order chi connectivity index (χ1) is 4.31. The summed E-state index contributed by atoms with van der Waals surface area (Å²) in [6.07, 6.45) is 5.63. The van der Waals surface area contributed by atoms with Crippen molar-refractivity contribution in [3.8, 4) is 0 Å². The van der Waals surface area contributed by atoms with Crippen LogP contribution in [-0.4, -0.2) is 4.43 Å². The van der Waals surface area contributed by atoms with Gasteiger partial charge in [0.05, 0.1) is 0 Å². The van der Waals surface area contributed by atoms with E-state index in [-0.39, 0.29) is 0 Å². The molecule has 0 amide bonds. The predicted molar refractivity (Wildman–Crippen MR) is 52.2 cm³/mol. The molecule has 0 saturated carbocycles. The van der Waals surface area contributed by atoms with Gasteiger partial charge in [0.2, 0.25) is 0 Å². The highest BCUT2D eigenvalue weighted by Crippen LogP contribution is 2.10. The minimum absolute atomic E-state index is 0.942. The molecule has 0 spiro atoms. The van der Waals surface area contributed by atoms with Crippen LogP contribution >= 0.6 is 22.6 Å². The molecule has 0 heterocycles. The van der Waals surface area contributed by atoms with Gasteiger partial charge in [-0.25, -0.2) is 0 Å². The molecule has 0 aliphatic carbocycles. The monoisotopic (exact) mass is 240 g/mol. The molecule has 0 fully saturated rings. The van der Waals surface area contributed by atoms with Crippen molar-refractivity contribution >= 4 is 22.6 Å². The number of alkyl halides is 1. The molecule has 0 aromatic carbocycles. The SMILES string of the molecule is CCCCCC(C)CI. The number of rotatable bonds is 5. The second-order valence-electron chi connectivity index (χ2n) is 2.76. The summed E-state index contributed by atoms with van der Waals surface area (Å²) >= 11 is 2.47. The average Bonchev–Trinajstić information content (AvgIpc) is 1.89. The smallest absolute Gasteiger partial charge is 0.00210 e. The molecule has 0 bridgehead atoms. The molecule has 9 heavy (non-hydrogen) atoms. The van der Waals surface area contributed by atoms with E-state index in [0.717, 1.165) is 5.92 Å². The van der Waals surface area contributed by atoms with Crippen molar-refractivity contribution < 1.29 is 0 Å². The summed E-state index contributed by atoms with van der Waals surface area (Å²) in [4.78, 5) is 0. The fourth-order valence-corrected chi connectivity index (χ4v) is 1.26. The van der Waals surface area contributed by atoms with Crippen LogP contribution in [0.3, 0.4) is 0 Å². The molecule has 1 atom stereocenters. The molecular formula is C8H17I. The van der Waals surface area contributed by atoms with E-state index in [4.69, 9.17) is 0 Å². The summed E-state index contributed by atoms with van der Waals surface area (Å²) in [5.41, 5.74) is 0. The van der Waals surface area contributed by atoms with E-state index in [1.54, 1.807) is 0 Å². The third kappa shape index (κ3) is 6.62. The van der Waals surface area contributed by atoms with E-state index in [9.17, 15) is 0 Å². The van der Waals surface area contributed by atoms with Gasteiger partial charge in [0.1, 0.15) is 0 Å². The topological polar surface area (TPSA) is 0 Å². The van der Waals surface area contributed by atoms with Gasteiger partial charge in [-0.15, -0.1) is 0 Å². The van der Waals surface area contributed by atoms with E-state index in [0.29, 0.717) is 0 Å². The molecule has 0 aromatic rings. The summed E-state index contributed by atoms with van der Waals surface area (Å²) in [5.74, 6) is 0.942. The van der Waals surface area contributed by atoms with E-state index >= 15 is 0 Å². The van der Waals surface area contributed by atoms with Gasteiger partial charge in [-0.3, -0.25) is 0 Å². The summed E-state index contributed by atoms with van der Waals surface area (Å²) < 4.78 is 1.32. The van der Waals surface area contributed by atoms with Gasteiger partial charge >= 0.3 is 0 Å². The fraction of sp³-hybridized carbons (Fsp3) is 1.00. The zero-order valence-corrected chi connectivity index (χ0v) is 8.65. The average molecular weight is 240 g/mol. The van der Waals surface area contributed by atoms with Crippen LogP contribution in [0.5, 0.6) is 0 Å². The van der Waals surface area contributed by atoms with Crippen LogP contribution in [0.4, 0.5) is 0 Å². The minimum atomic E-state index is 0.942. The van der Waals surface area contributed by atoms with E-state index < -0.39 is 0 Å². The van der Waals surface area contributed by atoms with Gasteiger partial charge in [0, 0.05) is 4.43 Å². The molecule has 0 aliphatic heterocycles. The quantitative estimate of drug-likeness (QED) is 0.391. The number of halogens is 1. The molecule has 0 nitrogen and oxygen atoms in total. The Hall–Kier alpha value is 0.730. The van der Waals surface area contributed by atoms with Gasteiger partial charge < -0.3 is 0 Å². The highest BCUT2D eigenvalue weighted by atomic mass is 127. The Balaban J connectivity index is 2.88. The van der Waals surface area contributed by atoms with Crippen molar-refractivity contribution in [1.82, 2.24) is 0 Å². The van der Waals surface area contributed by atoms with Crippen molar-refractivity contribution in [2.75, 3.05) is 4.43 Å². The standard InChI is InChI=1S/C8H17I/c1-3-4-5-6-8(2)7-9/h8H,3-7H2,1-2H3. The highest BCUT2D eigenvalue weighted by molar-refractivity contribution is 14.1. The Morgan fingerprint density at radius 1 is 1.33 bits per heavy atom. The Morgan fingerprint density at radius 3 is 2.44 bits per heavy atom. The summed E-state index contributed by atoms with van der Waals surface area (Å²) in [6, 6.07) is 0. The van der Waals surface area contributed by atoms with Crippen LogP contribution in [0.2, 0.25) is 0 Å².